The summed E-state index contributed by atoms with van der Waals surface area (Å²) in [6.45, 7) is 10.9. The van der Waals surface area contributed by atoms with E-state index in [1.54, 1.807) is 0 Å². The molecule has 0 saturated heterocycles. The first-order chi connectivity index (χ1) is 7.18. The smallest absolute Gasteiger partial charge is 0.0471 e. The molecule has 0 amide bonds. The molecule has 90 valence electrons. The van der Waals surface area contributed by atoms with E-state index < -0.39 is 0 Å². The molecule has 0 heterocycles. The van der Waals surface area contributed by atoms with Crippen LogP contribution in [-0.2, 0) is 4.74 Å². The molecule has 1 rings (SSSR count). The lowest BCUT2D eigenvalue weighted by molar-refractivity contribution is 0.107. The predicted octanol–water partition coefficient (Wildman–Crippen LogP) is 2.83. The van der Waals surface area contributed by atoms with Gasteiger partial charge >= 0.3 is 0 Å². The van der Waals surface area contributed by atoms with Crippen LogP contribution in [0.3, 0.4) is 0 Å². The molecule has 2 heteroatoms. The number of hydrogen-bond acceptors (Lipinski definition) is 2. The first-order valence-electron chi connectivity index (χ1n) is 6.47. The molecule has 0 aromatic carbocycles. The summed E-state index contributed by atoms with van der Waals surface area (Å²) in [5.74, 6) is 0.765. The van der Waals surface area contributed by atoms with Crippen LogP contribution in [-0.4, -0.2) is 26.3 Å². The van der Waals surface area contributed by atoms with Crippen molar-refractivity contribution in [3.8, 4) is 0 Å². The average molecular weight is 213 g/mol. The molecular weight excluding hydrogens is 186 g/mol. The SMILES string of the molecule is CCNCC1(CCOCCC(C)C)CC1. The fourth-order valence-corrected chi connectivity index (χ4v) is 1.79. The topological polar surface area (TPSA) is 21.3 Å². The maximum absolute atomic E-state index is 5.67. The predicted molar refractivity (Wildman–Crippen MR) is 65.1 cm³/mol. The first-order valence-corrected chi connectivity index (χ1v) is 6.47. The Bertz CT molecular complexity index is 164. The van der Waals surface area contributed by atoms with Gasteiger partial charge in [-0.25, -0.2) is 0 Å². The fraction of sp³-hybridized carbons (Fsp3) is 1.00. The third-order valence-electron chi connectivity index (χ3n) is 3.32. The molecule has 15 heavy (non-hydrogen) atoms. The lowest BCUT2D eigenvalue weighted by Crippen LogP contribution is -2.24. The van der Waals surface area contributed by atoms with E-state index in [1.807, 2.05) is 0 Å². The van der Waals surface area contributed by atoms with Crippen molar-refractivity contribution in [2.75, 3.05) is 26.3 Å². The molecule has 0 atom stereocenters. The van der Waals surface area contributed by atoms with Crippen LogP contribution in [0.4, 0.5) is 0 Å². The Hall–Kier alpha value is -0.0800. The van der Waals surface area contributed by atoms with Crippen molar-refractivity contribution in [1.82, 2.24) is 5.32 Å². The van der Waals surface area contributed by atoms with Crippen LogP contribution in [0, 0.1) is 11.3 Å². The lowest BCUT2D eigenvalue weighted by atomic mass is 10.0. The maximum atomic E-state index is 5.67. The van der Waals surface area contributed by atoms with E-state index >= 15 is 0 Å². The summed E-state index contributed by atoms with van der Waals surface area (Å²) < 4.78 is 5.67. The van der Waals surface area contributed by atoms with Crippen molar-refractivity contribution in [3.05, 3.63) is 0 Å². The highest BCUT2D eigenvalue weighted by molar-refractivity contribution is 4.94. The molecule has 0 unspecified atom stereocenters. The second-order valence-electron chi connectivity index (χ2n) is 5.33. The Morgan fingerprint density at radius 2 is 2.00 bits per heavy atom. The van der Waals surface area contributed by atoms with E-state index in [0.29, 0.717) is 5.41 Å². The van der Waals surface area contributed by atoms with Gasteiger partial charge in [0.1, 0.15) is 0 Å². The Kier molecular flexibility index (Phi) is 5.62. The van der Waals surface area contributed by atoms with Gasteiger partial charge in [-0.1, -0.05) is 20.8 Å². The van der Waals surface area contributed by atoms with Gasteiger partial charge in [0, 0.05) is 19.8 Å². The monoisotopic (exact) mass is 213 g/mol. The molecule has 1 saturated carbocycles. The van der Waals surface area contributed by atoms with Crippen LogP contribution in [0.25, 0.3) is 0 Å². The molecule has 0 radical (unpaired) electrons. The summed E-state index contributed by atoms with van der Waals surface area (Å²) in [5.41, 5.74) is 0.605. The number of hydrogen-bond donors (Lipinski definition) is 1. The van der Waals surface area contributed by atoms with Gasteiger partial charge in [-0.05, 0) is 43.6 Å². The number of rotatable bonds is 9. The molecule has 1 N–H and O–H groups in total. The Balaban J connectivity index is 1.95. The van der Waals surface area contributed by atoms with Crippen LogP contribution in [0.15, 0.2) is 0 Å². The fourth-order valence-electron chi connectivity index (χ4n) is 1.79. The quantitative estimate of drug-likeness (QED) is 0.595. The molecular formula is C13H27NO. The Morgan fingerprint density at radius 3 is 2.53 bits per heavy atom. The molecule has 0 aliphatic heterocycles. The van der Waals surface area contributed by atoms with Crippen molar-refractivity contribution in [2.24, 2.45) is 11.3 Å². The van der Waals surface area contributed by atoms with Gasteiger partial charge < -0.3 is 10.1 Å². The third kappa shape index (κ3) is 5.53. The second-order valence-corrected chi connectivity index (χ2v) is 5.33. The highest BCUT2D eigenvalue weighted by Gasteiger charge is 2.41. The molecule has 1 fully saturated rings. The van der Waals surface area contributed by atoms with Crippen LogP contribution < -0.4 is 5.32 Å². The molecule has 0 aromatic heterocycles. The average Bonchev–Trinajstić information content (AvgIpc) is 2.95. The molecule has 2 nitrogen and oxygen atoms in total. The van der Waals surface area contributed by atoms with Crippen LogP contribution in [0.5, 0.6) is 0 Å². The minimum atomic E-state index is 0.605. The van der Waals surface area contributed by atoms with Gasteiger partial charge in [-0.3, -0.25) is 0 Å². The van der Waals surface area contributed by atoms with Gasteiger partial charge in [-0.2, -0.15) is 0 Å². The van der Waals surface area contributed by atoms with Gasteiger partial charge in [0.25, 0.3) is 0 Å². The molecule has 0 bridgehead atoms. The number of ether oxygens (including phenoxy) is 1. The normalized spacial score (nSPS) is 18.4. The van der Waals surface area contributed by atoms with Crippen LogP contribution in [0.1, 0.15) is 46.5 Å². The zero-order chi connectivity index (χ0) is 11.1. The maximum Gasteiger partial charge on any atom is 0.0471 e. The summed E-state index contributed by atoms with van der Waals surface area (Å²) >= 11 is 0. The minimum Gasteiger partial charge on any atom is -0.381 e. The van der Waals surface area contributed by atoms with Crippen molar-refractivity contribution < 1.29 is 4.74 Å². The second kappa shape index (κ2) is 6.49. The minimum absolute atomic E-state index is 0.605. The van der Waals surface area contributed by atoms with Gasteiger partial charge in [0.05, 0.1) is 0 Å². The van der Waals surface area contributed by atoms with Crippen molar-refractivity contribution in [1.29, 1.82) is 0 Å². The van der Waals surface area contributed by atoms with E-state index in [2.05, 4.69) is 26.1 Å². The van der Waals surface area contributed by atoms with Crippen LogP contribution in [0.2, 0.25) is 0 Å². The van der Waals surface area contributed by atoms with E-state index in [4.69, 9.17) is 4.74 Å². The standard InChI is InChI=1S/C13H27NO/c1-4-14-11-13(6-7-13)8-10-15-9-5-12(2)3/h12,14H,4-11H2,1-3H3. The lowest BCUT2D eigenvalue weighted by Gasteiger charge is -2.15. The Labute approximate surface area is 94.8 Å². The largest absolute Gasteiger partial charge is 0.381 e. The van der Waals surface area contributed by atoms with Crippen molar-refractivity contribution in [3.63, 3.8) is 0 Å². The molecule has 0 aromatic rings. The van der Waals surface area contributed by atoms with E-state index in [0.717, 1.165) is 25.7 Å². The molecule has 1 aliphatic carbocycles. The van der Waals surface area contributed by atoms with Crippen LogP contribution >= 0.6 is 0 Å². The van der Waals surface area contributed by atoms with E-state index in [1.165, 1.54) is 32.2 Å². The van der Waals surface area contributed by atoms with Gasteiger partial charge in [0.15, 0.2) is 0 Å². The highest BCUT2D eigenvalue weighted by atomic mass is 16.5. The first kappa shape index (κ1) is 13.0. The third-order valence-corrected chi connectivity index (χ3v) is 3.32. The number of nitrogens with one attached hydrogen (secondary N) is 1. The van der Waals surface area contributed by atoms with Gasteiger partial charge in [-0.15, -0.1) is 0 Å². The molecule has 0 spiro atoms. The van der Waals surface area contributed by atoms with E-state index in [9.17, 15) is 0 Å². The molecule has 1 aliphatic rings. The van der Waals surface area contributed by atoms with Crippen molar-refractivity contribution >= 4 is 0 Å². The summed E-state index contributed by atoms with van der Waals surface area (Å²) in [5, 5.41) is 3.45. The summed E-state index contributed by atoms with van der Waals surface area (Å²) in [6.07, 6.45) is 5.24. The highest BCUT2D eigenvalue weighted by Crippen LogP contribution is 2.48. The van der Waals surface area contributed by atoms with E-state index in [-0.39, 0.29) is 0 Å². The zero-order valence-corrected chi connectivity index (χ0v) is 10.6. The summed E-state index contributed by atoms with van der Waals surface area (Å²) in [7, 11) is 0. The van der Waals surface area contributed by atoms with Crippen molar-refractivity contribution in [2.45, 2.75) is 46.5 Å². The summed E-state index contributed by atoms with van der Waals surface area (Å²) in [6, 6.07) is 0. The zero-order valence-electron chi connectivity index (χ0n) is 10.6. The Morgan fingerprint density at radius 1 is 1.27 bits per heavy atom. The summed E-state index contributed by atoms with van der Waals surface area (Å²) in [4.78, 5) is 0. The van der Waals surface area contributed by atoms with Gasteiger partial charge in [0.2, 0.25) is 0 Å².